The molecule has 0 saturated heterocycles. The predicted octanol–water partition coefficient (Wildman–Crippen LogP) is 2.66. The lowest BCUT2D eigenvalue weighted by Crippen LogP contribution is -2.26. The molecule has 0 spiro atoms. The van der Waals surface area contributed by atoms with Gasteiger partial charge in [0.2, 0.25) is 0 Å². The van der Waals surface area contributed by atoms with Crippen LogP contribution in [0.3, 0.4) is 0 Å². The molecule has 0 aliphatic heterocycles. The highest BCUT2D eigenvalue weighted by Gasteiger charge is 2.16. The van der Waals surface area contributed by atoms with Crippen molar-refractivity contribution < 1.29 is 4.79 Å². The van der Waals surface area contributed by atoms with Gasteiger partial charge in [0.05, 0.1) is 11.3 Å². The molecule has 1 aromatic heterocycles. The molecule has 0 aliphatic rings. The Kier molecular flexibility index (Phi) is 4.45. The second kappa shape index (κ2) is 6.09. The second-order valence-corrected chi connectivity index (χ2v) is 5.24. The molecule has 1 aromatic carbocycles. The molecule has 2 aromatic rings. The van der Waals surface area contributed by atoms with Crippen LogP contribution in [0.1, 0.15) is 27.3 Å². The molecule has 2 rings (SSSR count). The van der Waals surface area contributed by atoms with Crippen LogP contribution in [0.5, 0.6) is 0 Å². The van der Waals surface area contributed by atoms with Crippen molar-refractivity contribution in [3.8, 4) is 0 Å². The zero-order valence-electron chi connectivity index (χ0n) is 11.9. The normalized spacial score (nSPS) is 10.6. The van der Waals surface area contributed by atoms with Gasteiger partial charge in [0.15, 0.2) is 0 Å². The Morgan fingerprint density at radius 3 is 2.75 bits per heavy atom. The second-order valence-electron chi connectivity index (χ2n) is 4.81. The third-order valence-corrected chi connectivity index (χ3v) is 3.56. The number of halogens is 1. The smallest absolute Gasteiger partial charge is 0.255 e. The Hall–Kier alpha value is -1.81. The van der Waals surface area contributed by atoms with Crippen molar-refractivity contribution in [2.45, 2.75) is 20.3 Å². The van der Waals surface area contributed by atoms with Crippen LogP contribution in [-0.2, 0) is 13.5 Å². The van der Waals surface area contributed by atoms with Crippen molar-refractivity contribution in [3.05, 3.63) is 51.8 Å². The van der Waals surface area contributed by atoms with E-state index in [0.717, 1.165) is 23.4 Å². The van der Waals surface area contributed by atoms with E-state index in [1.165, 1.54) is 0 Å². The van der Waals surface area contributed by atoms with Crippen LogP contribution >= 0.6 is 11.6 Å². The number of aryl methyl sites for hydroxylation is 2. The average Bonchev–Trinajstić information content (AvgIpc) is 2.63. The highest BCUT2D eigenvalue weighted by atomic mass is 35.5. The molecular formula is C15H18ClN3O. The van der Waals surface area contributed by atoms with Gasteiger partial charge in [-0.15, -0.1) is 0 Å². The van der Waals surface area contributed by atoms with Gasteiger partial charge in [0.25, 0.3) is 5.91 Å². The number of aromatic nitrogens is 2. The first-order valence-electron chi connectivity index (χ1n) is 6.52. The standard InChI is InChI=1S/C15H18ClN3O/c1-10-14(11(2)19(3)18-10)15(20)17-8-7-12-5-4-6-13(16)9-12/h4-6,9H,7-8H2,1-3H3,(H,17,20). The molecule has 20 heavy (non-hydrogen) atoms. The quantitative estimate of drug-likeness (QED) is 0.941. The summed E-state index contributed by atoms with van der Waals surface area (Å²) in [5, 5.41) is 7.89. The van der Waals surface area contributed by atoms with E-state index in [2.05, 4.69) is 10.4 Å². The summed E-state index contributed by atoms with van der Waals surface area (Å²) in [5.74, 6) is -0.0740. The Balaban J connectivity index is 1.96. The van der Waals surface area contributed by atoms with Gasteiger partial charge in [0, 0.05) is 24.3 Å². The van der Waals surface area contributed by atoms with Crippen LogP contribution in [0.2, 0.25) is 5.02 Å². The maximum absolute atomic E-state index is 12.2. The molecule has 4 nitrogen and oxygen atoms in total. The van der Waals surface area contributed by atoms with Gasteiger partial charge >= 0.3 is 0 Å². The first kappa shape index (κ1) is 14.6. The van der Waals surface area contributed by atoms with E-state index in [4.69, 9.17) is 11.6 Å². The van der Waals surface area contributed by atoms with Crippen molar-refractivity contribution in [2.24, 2.45) is 7.05 Å². The monoisotopic (exact) mass is 291 g/mol. The highest BCUT2D eigenvalue weighted by molar-refractivity contribution is 6.30. The van der Waals surface area contributed by atoms with E-state index in [1.807, 2.05) is 45.2 Å². The van der Waals surface area contributed by atoms with Gasteiger partial charge in [-0.25, -0.2) is 0 Å². The average molecular weight is 292 g/mol. The Morgan fingerprint density at radius 1 is 1.40 bits per heavy atom. The molecule has 106 valence electrons. The van der Waals surface area contributed by atoms with E-state index in [0.29, 0.717) is 17.1 Å². The lowest BCUT2D eigenvalue weighted by Gasteiger charge is -2.06. The summed E-state index contributed by atoms with van der Waals surface area (Å²) in [4.78, 5) is 12.2. The van der Waals surface area contributed by atoms with Crippen molar-refractivity contribution in [3.63, 3.8) is 0 Å². The topological polar surface area (TPSA) is 46.9 Å². The number of nitrogens with one attached hydrogen (secondary N) is 1. The molecule has 1 heterocycles. The molecule has 0 fully saturated rings. The summed E-state index contributed by atoms with van der Waals surface area (Å²) in [5.41, 5.74) is 3.41. The third-order valence-electron chi connectivity index (χ3n) is 3.32. The lowest BCUT2D eigenvalue weighted by atomic mass is 10.1. The number of benzene rings is 1. The molecule has 0 saturated carbocycles. The van der Waals surface area contributed by atoms with E-state index in [1.54, 1.807) is 4.68 Å². The fourth-order valence-corrected chi connectivity index (χ4v) is 2.42. The van der Waals surface area contributed by atoms with Crippen LogP contribution in [0, 0.1) is 13.8 Å². The summed E-state index contributed by atoms with van der Waals surface area (Å²) in [6.45, 7) is 4.32. The zero-order chi connectivity index (χ0) is 14.7. The van der Waals surface area contributed by atoms with Crippen LogP contribution in [0.4, 0.5) is 0 Å². The van der Waals surface area contributed by atoms with Crippen molar-refractivity contribution in [1.29, 1.82) is 0 Å². The minimum atomic E-state index is -0.0740. The first-order chi connectivity index (χ1) is 9.49. The van der Waals surface area contributed by atoms with Gasteiger partial charge in [-0.1, -0.05) is 23.7 Å². The fraction of sp³-hybridized carbons (Fsp3) is 0.333. The first-order valence-corrected chi connectivity index (χ1v) is 6.89. The Morgan fingerprint density at radius 2 is 2.15 bits per heavy atom. The lowest BCUT2D eigenvalue weighted by molar-refractivity contribution is 0.0953. The number of carbonyl (C=O) groups is 1. The number of carbonyl (C=O) groups excluding carboxylic acids is 1. The Bertz CT molecular complexity index is 634. The van der Waals surface area contributed by atoms with Gasteiger partial charge < -0.3 is 5.32 Å². The largest absolute Gasteiger partial charge is 0.352 e. The molecule has 1 N–H and O–H groups in total. The van der Waals surface area contributed by atoms with Crippen LogP contribution in [-0.4, -0.2) is 22.2 Å². The predicted molar refractivity (Wildman–Crippen MR) is 80.2 cm³/mol. The molecule has 0 radical (unpaired) electrons. The molecule has 5 heteroatoms. The van der Waals surface area contributed by atoms with E-state index in [-0.39, 0.29) is 5.91 Å². The third kappa shape index (κ3) is 3.20. The molecule has 0 aliphatic carbocycles. The van der Waals surface area contributed by atoms with E-state index >= 15 is 0 Å². The number of rotatable bonds is 4. The van der Waals surface area contributed by atoms with Crippen molar-refractivity contribution in [1.82, 2.24) is 15.1 Å². The maximum atomic E-state index is 12.2. The SMILES string of the molecule is Cc1nn(C)c(C)c1C(=O)NCCc1cccc(Cl)c1. The van der Waals surface area contributed by atoms with Gasteiger partial charge in [0.1, 0.15) is 0 Å². The highest BCUT2D eigenvalue weighted by Crippen LogP contribution is 2.12. The number of hydrogen-bond donors (Lipinski definition) is 1. The fourth-order valence-electron chi connectivity index (χ4n) is 2.20. The van der Waals surface area contributed by atoms with Crippen LogP contribution in [0.15, 0.2) is 24.3 Å². The van der Waals surface area contributed by atoms with Crippen LogP contribution in [0.25, 0.3) is 0 Å². The minimum absolute atomic E-state index is 0.0740. The summed E-state index contributed by atoms with van der Waals surface area (Å²) in [6.07, 6.45) is 0.755. The number of nitrogens with zero attached hydrogens (tertiary/aromatic N) is 2. The summed E-state index contributed by atoms with van der Waals surface area (Å²) < 4.78 is 1.72. The maximum Gasteiger partial charge on any atom is 0.255 e. The number of hydrogen-bond acceptors (Lipinski definition) is 2. The van der Waals surface area contributed by atoms with E-state index in [9.17, 15) is 4.79 Å². The van der Waals surface area contributed by atoms with Crippen molar-refractivity contribution in [2.75, 3.05) is 6.54 Å². The van der Waals surface area contributed by atoms with Crippen LogP contribution < -0.4 is 5.32 Å². The Labute approximate surface area is 123 Å². The molecular weight excluding hydrogens is 274 g/mol. The molecule has 1 amide bonds. The number of amides is 1. The summed E-state index contributed by atoms with van der Waals surface area (Å²) >= 11 is 5.93. The van der Waals surface area contributed by atoms with Crippen molar-refractivity contribution >= 4 is 17.5 Å². The molecule has 0 bridgehead atoms. The zero-order valence-corrected chi connectivity index (χ0v) is 12.7. The molecule has 0 atom stereocenters. The van der Waals surface area contributed by atoms with E-state index < -0.39 is 0 Å². The van der Waals surface area contributed by atoms with Gasteiger partial charge in [-0.05, 0) is 38.0 Å². The summed E-state index contributed by atoms with van der Waals surface area (Å²) in [7, 11) is 1.84. The van der Waals surface area contributed by atoms with Gasteiger partial charge in [-0.2, -0.15) is 5.10 Å². The minimum Gasteiger partial charge on any atom is -0.352 e. The summed E-state index contributed by atoms with van der Waals surface area (Å²) in [6, 6.07) is 7.66. The van der Waals surface area contributed by atoms with Gasteiger partial charge in [-0.3, -0.25) is 9.48 Å². The molecule has 0 unspecified atom stereocenters.